The maximum Gasteiger partial charge on any atom is 0.113 e. The predicted octanol–water partition coefficient (Wildman–Crippen LogP) is 3.05. The van der Waals surface area contributed by atoms with E-state index in [0.29, 0.717) is 12.8 Å². The van der Waals surface area contributed by atoms with Gasteiger partial charge in [-0.25, -0.2) is 4.89 Å². The van der Waals surface area contributed by atoms with E-state index in [-0.39, 0.29) is 5.57 Å². The second kappa shape index (κ2) is 5.58. The minimum absolute atomic E-state index is 0.0732. The summed E-state index contributed by atoms with van der Waals surface area (Å²) < 4.78 is 21.6. The average molecular weight is 195 g/mol. The van der Waals surface area contributed by atoms with Gasteiger partial charge < -0.3 is 0 Å². The highest BCUT2D eigenvalue weighted by Gasteiger charge is 2.09. The van der Waals surface area contributed by atoms with Crippen molar-refractivity contribution in [3.63, 3.8) is 0 Å². The second-order valence-electron chi connectivity index (χ2n) is 3.14. The Morgan fingerprint density at radius 2 is 2.29 bits per heavy atom. The Morgan fingerprint density at radius 1 is 1.57 bits per heavy atom. The molecule has 0 radical (unpaired) electrons. The lowest BCUT2D eigenvalue weighted by Crippen LogP contribution is -2.12. The van der Waals surface area contributed by atoms with Gasteiger partial charge in [0.2, 0.25) is 0 Å². The first-order valence-electron chi connectivity index (χ1n) is 5.98. The summed E-state index contributed by atoms with van der Waals surface area (Å²) in [5, 5.41) is 8.73. The van der Waals surface area contributed by atoms with Crippen molar-refractivity contribution in [3.05, 3.63) is 48.0 Å². The number of benzene rings is 1. The highest BCUT2D eigenvalue weighted by Crippen LogP contribution is 2.11. The van der Waals surface area contributed by atoms with E-state index in [4.69, 9.17) is 9.37 Å². The first-order valence-corrected chi connectivity index (χ1v) is 4.48. The van der Waals surface area contributed by atoms with E-state index in [9.17, 15) is 0 Å². The number of rotatable bonds is 5. The monoisotopic (exact) mass is 195 g/mol. The Labute approximate surface area is 89.0 Å². The highest BCUT2D eigenvalue weighted by atomic mass is 17.1. The lowest BCUT2D eigenvalue weighted by atomic mass is 10.0. The average Bonchev–Trinajstić information content (AvgIpc) is 2.30. The molecule has 0 aliphatic rings. The zero-order chi connectivity index (χ0) is 12.9. The molecule has 0 heterocycles. The fourth-order valence-corrected chi connectivity index (χ4v) is 1.23. The largest absolute Gasteiger partial charge is 0.251 e. The topological polar surface area (TPSA) is 29.5 Å². The molecule has 2 nitrogen and oxygen atoms in total. The van der Waals surface area contributed by atoms with Crippen LogP contribution in [0.2, 0.25) is 0 Å². The van der Waals surface area contributed by atoms with Crippen LogP contribution >= 0.6 is 0 Å². The van der Waals surface area contributed by atoms with Gasteiger partial charge >= 0.3 is 0 Å². The molecule has 76 valence electrons. The van der Waals surface area contributed by atoms with Crippen molar-refractivity contribution in [1.29, 1.82) is 0 Å². The van der Waals surface area contributed by atoms with Crippen LogP contribution < -0.4 is 0 Å². The van der Waals surface area contributed by atoms with Crippen LogP contribution in [0, 0.1) is 0 Å². The summed E-state index contributed by atoms with van der Waals surface area (Å²) in [4.78, 5) is 4.20. The molecule has 14 heavy (non-hydrogen) atoms. The molecule has 0 saturated heterocycles. The van der Waals surface area contributed by atoms with Crippen LogP contribution in [0.5, 0.6) is 0 Å². The van der Waals surface area contributed by atoms with Gasteiger partial charge in [-0.2, -0.15) is 0 Å². The fourth-order valence-electron chi connectivity index (χ4n) is 1.23. The fraction of sp³-hybridized carbons (Fsp3) is 0.333. The Balaban J connectivity index is 2.57. The number of aryl methyl sites for hydroxylation is 1. The van der Waals surface area contributed by atoms with Crippen molar-refractivity contribution in [2.45, 2.75) is 25.8 Å². The third-order valence-corrected chi connectivity index (χ3v) is 2.05. The molecule has 1 unspecified atom stereocenters. The molecular weight excluding hydrogens is 176 g/mol. The Kier molecular flexibility index (Phi) is 2.87. The van der Waals surface area contributed by atoms with E-state index in [1.165, 1.54) is 0 Å². The molecule has 0 amide bonds. The molecule has 0 fully saturated rings. The Bertz CT molecular complexity index is 360. The molecule has 0 aliphatic carbocycles. The third kappa shape index (κ3) is 3.32. The van der Waals surface area contributed by atoms with Gasteiger partial charge in [0.05, 0.1) is 0 Å². The normalized spacial score (nSPS) is 16.5. The van der Waals surface area contributed by atoms with Crippen molar-refractivity contribution in [3.8, 4) is 0 Å². The van der Waals surface area contributed by atoms with Gasteiger partial charge in [0, 0.05) is 4.11 Å². The SMILES string of the molecule is [2H]C([2H])([2H])C(=C)C(CCc1ccccc1)OO. The highest BCUT2D eigenvalue weighted by molar-refractivity contribution is 5.15. The van der Waals surface area contributed by atoms with Crippen molar-refractivity contribution < 1.29 is 14.3 Å². The standard InChI is InChI=1S/C12H16O2/c1-10(2)12(14-13)9-8-11-6-4-3-5-7-11/h3-7,12-13H,1,8-9H2,2H3/i2D3. The van der Waals surface area contributed by atoms with Gasteiger partial charge in [0.1, 0.15) is 6.10 Å². The van der Waals surface area contributed by atoms with E-state index in [1.807, 2.05) is 30.3 Å². The maximum atomic E-state index is 8.73. The molecule has 1 rings (SSSR count). The lowest BCUT2D eigenvalue weighted by Gasteiger charge is -2.12. The molecule has 1 aromatic rings. The molecular formula is C12H16O2. The zero-order valence-electron chi connectivity index (χ0n) is 10.9. The number of hydrogen-bond acceptors (Lipinski definition) is 2. The summed E-state index contributed by atoms with van der Waals surface area (Å²) in [6.45, 7) is 1.16. The summed E-state index contributed by atoms with van der Waals surface area (Å²) in [5.41, 5.74) is 0.990. The second-order valence-corrected chi connectivity index (χ2v) is 3.14. The summed E-state index contributed by atoms with van der Waals surface area (Å²) in [6, 6.07) is 9.59. The van der Waals surface area contributed by atoms with Crippen LogP contribution in [0.1, 0.15) is 22.9 Å². The van der Waals surface area contributed by atoms with Crippen LogP contribution in [0.15, 0.2) is 42.5 Å². The molecule has 0 bridgehead atoms. The van der Waals surface area contributed by atoms with Crippen LogP contribution in [0.3, 0.4) is 0 Å². The van der Waals surface area contributed by atoms with Crippen LogP contribution in [0.4, 0.5) is 0 Å². The van der Waals surface area contributed by atoms with Gasteiger partial charge in [-0.05, 0) is 30.8 Å². The minimum atomic E-state index is -2.30. The molecule has 0 spiro atoms. The third-order valence-electron chi connectivity index (χ3n) is 2.05. The molecule has 0 aromatic heterocycles. The van der Waals surface area contributed by atoms with E-state index in [1.54, 1.807) is 0 Å². The zero-order valence-corrected chi connectivity index (χ0v) is 7.94. The van der Waals surface area contributed by atoms with E-state index in [0.717, 1.165) is 5.56 Å². The van der Waals surface area contributed by atoms with Gasteiger partial charge in [-0.1, -0.05) is 36.9 Å². The molecule has 1 aromatic carbocycles. The Morgan fingerprint density at radius 3 is 2.86 bits per heavy atom. The smallest absolute Gasteiger partial charge is 0.113 e. The van der Waals surface area contributed by atoms with Crippen molar-refractivity contribution in [2.75, 3.05) is 0 Å². The predicted molar refractivity (Wildman–Crippen MR) is 57.1 cm³/mol. The molecule has 1 atom stereocenters. The van der Waals surface area contributed by atoms with Gasteiger partial charge in [0.15, 0.2) is 0 Å². The Hall–Kier alpha value is -1.12. The van der Waals surface area contributed by atoms with E-state index < -0.39 is 13.0 Å². The summed E-state index contributed by atoms with van der Waals surface area (Å²) in [7, 11) is 0. The summed E-state index contributed by atoms with van der Waals surface area (Å²) in [5.74, 6) is 0. The first-order chi connectivity index (χ1) is 7.95. The van der Waals surface area contributed by atoms with Crippen molar-refractivity contribution in [2.24, 2.45) is 0 Å². The molecule has 2 heteroatoms. The number of hydrogen-bond donors (Lipinski definition) is 1. The molecule has 1 N–H and O–H groups in total. The van der Waals surface area contributed by atoms with Crippen LogP contribution in [-0.4, -0.2) is 11.4 Å². The van der Waals surface area contributed by atoms with Crippen molar-refractivity contribution >= 4 is 0 Å². The van der Waals surface area contributed by atoms with E-state index in [2.05, 4.69) is 11.5 Å². The maximum absolute atomic E-state index is 8.73. The van der Waals surface area contributed by atoms with Gasteiger partial charge in [-0.3, -0.25) is 5.26 Å². The summed E-state index contributed by atoms with van der Waals surface area (Å²) in [6.07, 6.45) is 0.154. The quantitative estimate of drug-likeness (QED) is 0.444. The van der Waals surface area contributed by atoms with E-state index >= 15 is 0 Å². The minimum Gasteiger partial charge on any atom is -0.251 e. The van der Waals surface area contributed by atoms with Gasteiger partial charge in [-0.15, -0.1) is 0 Å². The molecule has 0 aliphatic heterocycles. The lowest BCUT2D eigenvalue weighted by molar-refractivity contribution is -0.269. The molecule has 0 saturated carbocycles. The first kappa shape index (κ1) is 7.21. The van der Waals surface area contributed by atoms with Crippen LogP contribution in [-0.2, 0) is 11.3 Å². The van der Waals surface area contributed by atoms with Gasteiger partial charge in [0.25, 0.3) is 0 Å². The van der Waals surface area contributed by atoms with Crippen molar-refractivity contribution in [1.82, 2.24) is 0 Å². The van der Waals surface area contributed by atoms with Crippen LogP contribution in [0.25, 0.3) is 0 Å². The summed E-state index contributed by atoms with van der Waals surface area (Å²) >= 11 is 0.